The summed E-state index contributed by atoms with van der Waals surface area (Å²) >= 11 is 0. The summed E-state index contributed by atoms with van der Waals surface area (Å²) in [6, 6.07) is 14.9. The van der Waals surface area contributed by atoms with Gasteiger partial charge in [0.05, 0.1) is 16.9 Å². The fourth-order valence-electron chi connectivity index (χ4n) is 3.82. The van der Waals surface area contributed by atoms with Crippen LogP contribution in [0.1, 0.15) is 66.1 Å². The van der Waals surface area contributed by atoms with E-state index in [0.717, 1.165) is 18.4 Å². The third-order valence-corrected chi connectivity index (χ3v) is 8.04. The summed E-state index contributed by atoms with van der Waals surface area (Å²) in [6.07, 6.45) is 2.23. The highest BCUT2D eigenvalue weighted by Crippen LogP contribution is 2.29. The first kappa shape index (κ1) is 22.8. The molecule has 1 saturated heterocycles. The second kappa shape index (κ2) is 9.52. The molecule has 1 N–H and O–H groups in total. The number of hydrogen-bond donors (Lipinski definition) is 1. The fraction of sp³-hybridized carbons (Fsp3) is 0.417. The second-order valence-corrected chi connectivity index (χ2v) is 10.3. The number of rotatable bonds is 6. The minimum Gasteiger partial charge on any atom is -0.339 e. The van der Waals surface area contributed by atoms with Crippen LogP contribution in [0.3, 0.4) is 0 Å². The minimum atomic E-state index is -3.48. The molecule has 0 aliphatic carbocycles. The van der Waals surface area contributed by atoms with Gasteiger partial charge in [-0.1, -0.05) is 25.1 Å². The predicted molar refractivity (Wildman–Crippen MR) is 123 cm³/mol. The number of anilines is 1. The number of hydrogen-bond acceptors (Lipinski definition) is 4. The maximum atomic E-state index is 13.2. The number of aryl methyl sites for hydroxylation is 1. The van der Waals surface area contributed by atoms with Crippen LogP contribution < -0.4 is 4.72 Å². The maximum absolute atomic E-state index is 13.2. The van der Waals surface area contributed by atoms with Gasteiger partial charge < -0.3 is 4.90 Å². The monoisotopic (exact) mass is 439 g/mol. The molecule has 1 fully saturated rings. The Morgan fingerprint density at radius 2 is 1.84 bits per heavy atom. The summed E-state index contributed by atoms with van der Waals surface area (Å²) in [5.74, 6) is 0.298. The number of nitrogens with zero attached hydrogens (tertiary/aromatic N) is 2. The van der Waals surface area contributed by atoms with Crippen molar-refractivity contribution < 1.29 is 13.2 Å². The lowest BCUT2D eigenvalue weighted by Gasteiger charge is -2.32. The summed E-state index contributed by atoms with van der Waals surface area (Å²) in [4.78, 5) is 15.0. The first-order valence-electron chi connectivity index (χ1n) is 10.7. The van der Waals surface area contributed by atoms with Crippen molar-refractivity contribution >= 4 is 21.6 Å². The van der Waals surface area contributed by atoms with Gasteiger partial charge in [0, 0.05) is 24.3 Å². The molecule has 1 aliphatic heterocycles. The van der Waals surface area contributed by atoms with E-state index >= 15 is 0 Å². The molecule has 1 heterocycles. The summed E-state index contributed by atoms with van der Waals surface area (Å²) < 4.78 is 27.4. The molecule has 1 amide bonds. The van der Waals surface area contributed by atoms with Gasteiger partial charge in [0.2, 0.25) is 10.0 Å². The molecule has 0 saturated carbocycles. The van der Waals surface area contributed by atoms with E-state index in [-0.39, 0.29) is 5.91 Å². The molecule has 31 heavy (non-hydrogen) atoms. The van der Waals surface area contributed by atoms with Crippen LogP contribution in [0.2, 0.25) is 0 Å². The van der Waals surface area contributed by atoms with E-state index in [4.69, 9.17) is 5.26 Å². The van der Waals surface area contributed by atoms with Gasteiger partial charge in [0.15, 0.2) is 0 Å². The average Bonchev–Trinajstić information content (AvgIpc) is 2.79. The summed E-state index contributed by atoms with van der Waals surface area (Å²) in [5.41, 5.74) is 3.62. The summed E-state index contributed by atoms with van der Waals surface area (Å²) in [7, 11) is -3.48. The molecule has 0 spiro atoms. The lowest BCUT2D eigenvalue weighted by Crippen LogP contribution is -2.38. The first-order chi connectivity index (χ1) is 14.7. The zero-order valence-electron chi connectivity index (χ0n) is 18.3. The van der Waals surface area contributed by atoms with Crippen LogP contribution in [0.4, 0.5) is 5.69 Å². The zero-order valence-corrected chi connectivity index (χ0v) is 19.1. The van der Waals surface area contributed by atoms with Crippen molar-refractivity contribution in [2.75, 3.05) is 17.8 Å². The SMILES string of the molecule is CCC(C)S(=O)(=O)Nc1ccc(C)c(C(=O)N2CCC(c3ccc(C#N)cc3)CC2)c1. The Balaban J connectivity index is 1.69. The molecule has 2 aromatic rings. The normalized spacial score (nSPS) is 15.9. The number of amides is 1. The molecule has 3 rings (SSSR count). The van der Waals surface area contributed by atoms with Crippen LogP contribution in [0.5, 0.6) is 0 Å². The molecule has 1 unspecified atom stereocenters. The molecular formula is C24H29N3O3S. The van der Waals surface area contributed by atoms with Crippen molar-refractivity contribution in [1.29, 1.82) is 5.26 Å². The van der Waals surface area contributed by atoms with Crippen molar-refractivity contribution in [2.24, 2.45) is 0 Å². The van der Waals surface area contributed by atoms with E-state index in [1.165, 1.54) is 5.56 Å². The van der Waals surface area contributed by atoms with E-state index in [2.05, 4.69) is 10.8 Å². The number of carbonyl (C=O) groups is 1. The third-order valence-electron chi connectivity index (χ3n) is 6.13. The Hall–Kier alpha value is -2.85. The molecule has 164 valence electrons. The fourth-order valence-corrected chi connectivity index (χ4v) is 4.91. The molecule has 0 radical (unpaired) electrons. The quantitative estimate of drug-likeness (QED) is 0.721. The standard InChI is InChI=1S/C24H29N3O3S/c1-4-18(3)31(29,30)26-22-10-5-17(2)23(15-22)24(28)27-13-11-21(12-14-27)20-8-6-19(16-25)7-9-20/h5-10,15,18,21,26H,4,11-14H2,1-3H3. The van der Waals surface area contributed by atoms with Gasteiger partial charge in [0.25, 0.3) is 5.91 Å². The Bertz CT molecular complexity index is 1080. The molecule has 2 aromatic carbocycles. The van der Waals surface area contributed by atoms with Gasteiger partial charge in [-0.2, -0.15) is 5.26 Å². The predicted octanol–water partition coefficient (Wildman–Crippen LogP) is 4.43. The Labute approximate surface area is 184 Å². The third kappa shape index (κ3) is 5.26. The number of benzene rings is 2. The van der Waals surface area contributed by atoms with Crippen LogP contribution in [0.25, 0.3) is 0 Å². The second-order valence-electron chi connectivity index (χ2n) is 8.20. The Kier molecular flexibility index (Phi) is 7.01. The highest BCUT2D eigenvalue weighted by molar-refractivity contribution is 7.93. The lowest BCUT2D eigenvalue weighted by molar-refractivity contribution is 0.0712. The van der Waals surface area contributed by atoms with Crippen molar-refractivity contribution in [3.05, 3.63) is 64.7 Å². The topological polar surface area (TPSA) is 90.3 Å². The molecule has 0 aromatic heterocycles. The van der Waals surface area contributed by atoms with Gasteiger partial charge in [-0.15, -0.1) is 0 Å². The first-order valence-corrected chi connectivity index (χ1v) is 12.2. The molecule has 6 nitrogen and oxygen atoms in total. The van der Waals surface area contributed by atoms with Crippen LogP contribution in [0, 0.1) is 18.3 Å². The van der Waals surface area contributed by atoms with Crippen LogP contribution >= 0.6 is 0 Å². The highest BCUT2D eigenvalue weighted by atomic mass is 32.2. The number of carbonyl (C=O) groups excluding carboxylic acids is 1. The number of piperidine rings is 1. The minimum absolute atomic E-state index is 0.0691. The van der Waals surface area contributed by atoms with Crippen molar-refractivity contribution in [1.82, 2.24) is 4.90 Å². The number of nitrogens with one attached hydrogen (secondary N) is 1. The molecule has 1 atom stereocenters. The van der Waals surface area contributed by atoms with Crippen LogP contribution in [-0.4, -0.2) is 37.6 Å². The zero-order chi connectivity index (χ0) is 22.6. The molecule has 0 bridgehead atoms. The molecule has 1 aliphatic rings. The van der Waals surface area contributed by atoms with E-state index in [1.54, 1.807) is 25.1 Å². The smallest absolute Gasteiger partial charge is 0.254 e. The van der Waals surface area contributed by atoms with Crippen molar-refractivity contribution in [3.63, 3.8) is 0 Å². The van der Waals surface area contributed by atoms with Gasteiger partial charge in [-0.05, 0) is 74.4 Å². The van der Waals surface area contributed by atoms with Gasteiger partial charge >= 0.3 is 0 Å². The van der Waals surface area contributed by atoms with E-state index in [9.17, 15) is 13.2 Å². The van der Waals surface area contributed by atoms with Crippen molar-refractivity contribution in [2.45, 2.75) is 51.2 Å². The summed E-state index contributed by atoms with van der Waals surface area (Å²) in [6.45, 7) is 6.65. The highest BCUT2D eigenvalue weighted by Gasteiger charge is 2.26. The molecular weight excluding hydrogens is 410 g/mol. The van der Waals surface area contributed by atoms with Crippen LogP contribution in [-0.2, 0) is 10.0 Å². The van der Waals surface area contributed by atoms with Gasteiger partial charge in [-0.3, -0.25) is 9.52 Å². The van der Waals surface area contributed by atoms with E-state index in [1.807, 2.05) is 43.0 Å². The molecule has 7 heteroatoms. The Morgan fingerprint density at radius 3 is 2.42 bits per heavy atom. The largest absolute Gasteiger partial charge is 0.339 e. The van der Waals surface area contributed by atoms with E-state index < -0.39 is 15.3 Å². The number of sulfonamides is 1. The Morgan fingerprint density at radius 1 is 1.19 bits per heavy atom. The number of likely N-dealkylation sites (tertiary alicyclic amines) is 1. The lowest BCUT2D eigenvalue weighted by atomic mass is 9.88. The van der Waals surface area contributed by atoms with Gasteiger partial charge in [0.1, 0.15) is 0 Å². The average molecular weight is 440 g/mol. The number of nitriles is 1. The maximum Gasteiger partial charge on any atom is 0.254 e. The van der Waals surface area contributed by atoms with Crippen LogP contribution in [0.15, 0.2) is 42.5 Å². The summed E-state index contributed by atoms with van der Waals surface area (Å²) in [5, 5.41) is 8.45. The van der Waals surface area contributed by atoms with E-state index in [0.29, 0.717) is 42.2 Å². The van der Waals surface area contributed by atoms with Crippen molar-refractivity contribution in [3.8, 4) is 6.07 Å². The van der Waals surface area contributed by atoms with Gasteiger partial charge in [-0.25, -0.2) is 8.42 Å².